The SMILES string of the molecule is CS(=O)(=O)n1ccnc1-c1cccc(F)c1. The molecule has 4 nitrogen and oxygen atoms in total. The van der Waals surface area contributed by atoms with Gasteiger partial charge in [0, 0.05) is 18.0 Å². The van der Waals surface area contributed by atoms with Gasteiger partial charge in [-0.2, -0.15) is 0 Å². The average molecular weight is 240 g/mol. The average Bonchev–Trinajstić information content (AvgIpc) is 2.65. The lowest BCUT2D eigenvalue weighted by Gasteiger charge is -2.04. The highest BCUT2D eigenvalue weighted by molar-refractivity contribution is 7.89. The molecule has 1 aromatic heterocycles. The van der Waals surface area contributed by atoms with Crippen molar-refractivity contribution < 1.29 is 12.8 Å². The normalized spacial score (nSPS) is 11.6. The first kappa shape index (κ1) is 10.8. The highest BCUT2D eigenvalue weighted by atomic mass is 32.2. The highest BCUT2D eigenvalue weighted by Crippen LogP contribution is 2.19. The van der Waals surface area contributed by atoms with E-state index in [1.54, 1.807) is 6.07 Å². The van der Waals surface area contributed by atoms with E-state index in [0.29, 0.717) is 5.56 Å². The maximum absolute atomic E-state index is 13.0. The molecule has 84 valence electrons. The molecule has 0 spiro atoms. The molecule has 2 aromatic rings. The minimum absolute atomic E-state index is 0.210. The fourth-order valence-electron chi connectivity index (χ4n) is 1.39. The van der Waals surface area contributed by atoms with Crippen LogP contribution in [0.4, 0.5) is 4.39 Å². The quantitative estimate of drug-likeness (QED) is 0.799. The van der Waals surface area contributed by atoms with Gasteiger partial charge in [0.25, 0.3) is 0 Å². The van der Waals surface area contributed by atoms with Crippen LogP contribution in [0.1, 0.15) is 0 Å². The molecule has 0 saturated heterocycles. The third-order valence-corrected chi connectivity index (χ3v) is 3.06. The predicted octanol–water partition coefficient (Wildman–Crippen LogP) is 1.50. The summed E-state index contributed by atoms with van der Waals surface area (Å²) < 4.78 is 36.8. The monoisotopic (exact) mass is 240 g/mol. The number of imidazole rings is 1. The van der Waals surface area contributed by atoms with Crippen molar-refractivity contribution in [1.29, 1.82) is 0 Å². The Balaban J connectivity index is 2.62. The Labute approximate surface area is 92.4 Å². The summed E-state index contributed by atoms with van der Waals surface area (Å²) in [6, 6.07) is 5.64. The Morgan fingerprint density at radius 2 is 2.12 bits per heavy atom. The molecule has 0 fully saturated rings. The smallest absolute Gasteiger partial charge is 0.236 e. The molecular formula is C10H9FN2O2S. The number of halogens is 1. The summed E-state index contributed by atoms with van der Waals surface area (Å²) in [6.07, 6.45) is 3.76. The van der Waals surface area contributed by atoms with Gasteiger partial charge in [0.1, 0.15) is 5.82 Å². The minimum Gasteiger partial charge on any atom is -0.236 e. The van der Waals surface area contributed by atoms with E-state index in [4.69, 9.17) is 0 Å². The number of benzene rings is 1. The molecule has 0 aliphatic rings. The minimum atomic E-state index is -3.42. The van der Waals surface area contributed by atoms with E-state index in [-0.39, 0.29) is 5.82 Å². The van der Waals surface area contributed by atoms with Gasteiger partial charge in [-0.25, -0.2) is 21.8 Å². The van der Waals surface area contributed by atoms with Crippen LogP contribution in [0.15, 0.2) is 36.7 Å². The van der Waals surface area contributed by atoms with Gasteiger partial charge in [0.2, 0.25) is 10.0 Å². The van der Waals surface area contributed by atoms with Crippen molar-refractivity contribution in [2.45, 2.75) is 0 Å². The zero-order valence-electron chi connectivity index (χ0n) is 8.46. The van der Waals surface area contributed by atoms with Crippen molar-refractivity contribution >= 4 is 10.0 Å². The van der Waals surface area contributed by atoms with Gasteiger partial charge in [-0.3, -0.25) is 0 Å². The Morgan fingerprint density at radius 1 is 1.38 bits per heavy atom. The van der Waals surface area contributed by atoms with Crippen LogP contribution >= 0.6 is 0 Å². The first-order chi connectivity index (χ1) is 7.48. The summed E-state index contributed by atoms with van der Waals surface area (Å²) in [6.45, 7) is 0. The van der Waals surface area contributed by atoms with E-state index in [1.165, 1.54) is 30.6 Å². The first-order valence-corrected chi connectivity index (χ1v) is 6.33. The lowest BCUT2D eigenvalue weighted by Crippen LogP contribution is -2.10. The van der Waals surface area contributed by atoms with Gasteiger partial charge in [-0.1, -0.05) is 12.1 Å². The number of nitrogens with zero attached hydrogens (tertiary/aromatic N) is 2. The zero-order valence-corrected chi connectivity index (χ0v) is 9.28. The Kier molecular flexibility index (Phi) is 2.51. The molecule has 0 atom stereocenters. The molecule has 0 N–H and O–H groups in total. The molecule has 0 aliphatic heterocycles. The third kappa shape index (κ3) is 1.96. The summed E-state index contributed by atoms with van der Waals surface area (Å²) in [5.41, 5.74) is 0.426. The van der Waals surface area contributed by atoms with Gasteiger partial charge < -0.3 is 0 Å². The third-order valence-electron chi connectivity index (χ3n) is 2.05. The Bertz CT molecular complexity index is 619. The number of rotatable bonds is 2. The summed E-state index contributed by atoms with van der Waals surface area (Å²) in [4.78, 5) is 3.91. The van der Waals surface area contributed by atoms with E-state index < -0.39 is 15.8 Å². The fraction of sp³-hybridized carbons (Fsp3) is 0.100. The topological polar surface area (TPSA) is 52.0 Å². The molecule has 1 heterocycles. The van der Waals surface area contributed by atoms with Crippen LogP contribution in [0.5, 0.6) is 0 Å². The molecule has 0 amide bonds. The molecule has 0 bridgehead atoms. The summed E-state index contributed by atoms with van der Waals surface area (Å²) in [7, 11) is -3.42. The van der Waals surface area contributed by atoms with Gasteiger partial charge in [0.05, 0.1) is 6.26 Å². The molecule has 0 aliphatic carbocycles. The second-order valence-electron chi connectivity index (χ2n) is 3.32. The predicted molar refractivity (Wildman–Crippen MR) is 57.9 cm³/mol. The van der Waals surface area contributed by atoms with Crippen molar-refractivity contribution in [2.24, 2.45) is 0 Å². The maximum Gasteiger partial charge on any atom is 0.237 e. The molecular weight excluding hydrogens is 231 g/mol. The van der Waals surface area contributed by atoms with E-state index in [0.717, 1.165) is 10.2 Å². The van der Waals surface area contributed by atoms with Crippen molar-refractivity contribution in [3.63, 3.8) is 0 Å². The molecule has 1 aromatic carbocycles. The standard InChI is InChI=1S/C10H9FN2O2S/c1-16(14,15)13-6-5-12-10(13)8-3-2-4-9(11)7-8/h2-7H,1H3. The van der Waals surface area contributed by atoms with Gasteiger partial charge in [-0.05, 0) is 12.1 Å². The summed E-state index contributed by atoms with van der Waals surface area (Å²) in [5, 5.41) is 0. The lowest BCUT2D eigenvalue weighted by molar-refractivity contribution is 0.593. The van der Waals surface area contributed by atoms with E-state index in [2.05, 4.69) is 4.98 Å². The van der Waals surface area contributed by atoms with Gasteiger partial charge in [0.15, 0.2) is 5.82 Å². The Hall–Kier alpha value is -1.69. The Morgan fingerprint density at radius 3 is 2.75 bits per heavy atom. The highest BCUT2D eigenvalue weighted by Gasteiger charge is 2.13. The largest absolute Gasteiger partial charge is 0.237 e. The molecule has 0 saturated carbocycles. The summed E-state index contributed by atoms with van der Waals surface area (Å²) >= 11 is 0. The van der Waals surface area contributed by atoms with Crippen LogP contribution in [0, 0.1) is 5.82 Å². The van der Waals surface area contributed by atoms with Crippen LogP contribution < -0.4 is 0 Å². The first-order valence-electron chi connectivity index (χ1n) is 4.48. The second-order valence-corrected chi connectivity index (χ2v) is 5.18. The molecule has 0 radical (unpaired) electrons. The zero-order chi connectivity index (χ0) is 11.8. The van der Waals surface area contributed by atoms with E-state index in [9.17, 15) is 12.8 Å². The second kappa shape index (κ2) is 3.71. The molecule has 0 unspecified atom stereocenters. The van der Waals surface area contributed by atoms with Gasteiger partial charge in [-0.15, -0.1) is 0 Å². The van der Waals surface area contributed by atoms with Crippen LogP contribution in [0.3, 0.4) is 0 Å². The summed E-state index contributed by atoms with van der Waals surface area (Å²) in [5.74, 6) is -0.220. The maximum atomic E-state index is 13.0. The molecule has 6 heteroatoms. The van der Waals surface area contributed by atoms with Crippen LogP contribution in [-0.2, 0) is 10.0 Å². The lowest BCUT2D eigenvalue weighted by atomic mass is 10.2. The molecule has 16 heavy (non-hydrogen) atoms. The van der Waals surface area contributed by atoms with Crippen LogP contribution in [-0.4, -0.2) is 23.6 Å². The van der Waals surface area contributed by atoms with E-state index >= 15 is 0 Å². The van der Waals surface area contributed by atoms with E-state index in [1.807, 2.05) is 0 Å². The number of aromatic nitrogens is 2. The fourth-order valence-corrected chi connectivity index (χ4v) is 2.13. The van der Waals surface area contributed by atoms with Gasteiger partial charge >= 0.3 is 0 Å². The van der Waals surface area contributed by atoms with Crippen molar-refractivity contribution in [1.82, 2.24) is 8.96 Å². The molecule has 2 rings (SSSR count). The number of hydrogen-bond donors (Lipinski definition) is 0. The van der Waals surface area contributed by atoms with Crippen molar-refractivity contribution in [2.75, 3.05) is 6.26 Å². The van der Waals surface area contributed by atoms with Crippen molar-refractivity contribution in [3.05, 3.63) is 42.5 Å². The van der Waals surface area contributed by atoms with Crippen LogP contribution in [0.25, 0.3) is 11.4 Å². The van der Waals surface area contributed by atoms with Crippen LogP contribution in [0.2, 0.25) is 0 Å². The number of hydrogen-bond acceptors (Lipinski definition) is 3. The van der Waals surface area contributed by atoms with Crippen molar-refractivity contribution in [3.8, 4) is 11.4 Å².